The van der Waals surface area contributed by atoms with Crippen LogP contribution < -0.4 is 5.32 Å². The van der Waals surface area contributed by atoms with E-state index in [0.29, 0.717) is 12.0 Å². The van der Waals surface area contributed by atoms with Gasteiger partial charge in [0.25, 0.3) is 0 Å². The Morgan fingerprint density at radius 3 is 2.18 bits per heavy atom. The fourth-order valence-electron chi connectivity index (χ4n) is 2.02. The molecule has 0 fully saturated rings. The molecular weight excluding hydrogens is 210 g/mol. The number of hydrogen-bond acceptors (Lipinski definition) is 2. The first kappa shape index (κ1) is 14.2. The quantitative estimate of drug-likeness (QED) is 0.730. The topological polar surface area (TPSA) is 21.3 Å². The Kier molecular flexibility index (Phi) is 6.23. The SMILES string of the molecule is CNC(CCCOC)c1ccc(C(C)C)cc1. The van der Waals surface area contributed by atoms with Crippen LogP contribution in [0.25, 0.3) is 0 Å². The lowest BCUT2D eigenvalue weighted by molar-refractivity contribution is 0.189. The summed E-state index contributed by atoms with van der Waals surface area (Å²) in [5.41, 5.74) is 2.77. The Bertz CT molecular complexity index is 305. The molecule has 1 rings (SSSR count). The lowest BCUT2D eigenvalue weighted by Gasteiger charge is -2.17. The van der Waals surface area contributed by atoms with Gasteiger partial charge in [0.1, 0.15) is 0 Å². The van der Waals surface area contributed by atoms with Crippen molar-refractivity contribution in [3.8, 4) is 0 Å². The first-order valence-corrected chi connectivity index (χ1v) is 6.45. The average molecular weight is 235 g/mol. The second-order valence-electron chi connectivity index (χ2n) is 4.80. The summed E-state index contributed by atoms with van der Waals surface area (Å²) in [5.74, 6) is 0.602. The van der Waals surface area contributed by atoms with Crippen molar-refractivity contribution in [2.75, 3.05) is 20.8 Å². The second kappa shape index (κ2) is 7.46. The fourth-order valence-corrected chi connectivity index (χ4v) is 2.02. The molecule has 1 N–H and O–H groups in total. The molecule has 0 bridgehead atoms. The molecule has 0 aliphatic rings. The number of benzene rings is 1. The van der Waals surface area contributed by atoms with Gasteiger partial charge in [-0.25, -0.2) is 0 Å². The van der Waals surface area contributed by atoms with Crippen molar-refractivity contribution >= 4 is 0 Å². The van der Waals surface area contributed by atoms with Crippen molar-refractivity contribution in [1.29, 1.82) is 0 Å². The molecule has 1 aromatic carbocycles. The summed E-state index contributed by atoms with van der Waals surface area (Å²) >= 11 is 0. The standard InChI is InChI=1S/C15H25NO/c1-12(2)13-7-9-14(10-8-13)15(16-3)6-5-11-17-4/h7-10,12,15-16H,5-6,11H2,1-4H3. The van der Waals surface area contributed by atoms with Gasteiger partial charge in [0.05, 0.1) is 0 Å². The fraction of sp³-hybridized carbons (Fsp3) is 0.600. The summed E-state index contributed by atoms with van der Waals surface area (Å²) in [4.78, 5) is 0. The predicted molar refractivity (Wildman–Crippen MR) is 73.4 cm³/mol. The van der Waals surface area contributed by atoms with E-state index in [2.05, 4.69) is 43.4 Å². The Morgan fingerprint density at radius 2 is 1.71 bits per heavy atom. The van der Waals surface area contributed by atoms with E-state index in [1.165, 1.54) is 11.1 Å². The molecule has 1 aromatic rings. The van der Waals surface area contributed by atoms with Crippen LogP contribution in [0.5, 0.6) is 0 Å². The summed E-state index contributed by atoms with van der Waals surface area (Å²) in [7, 11) is 3.78. The lowest BCUT2D eigenvalue weighted by atomic mass is 9.97. The number of ether oxygens (including phenoxy) is 1. The molecule has 2 heteroatoms. The third kappa shape index (κ3) is 4.49. The largest absolute Gasteiger partial charge is 0.385 e. The molecule has 2 nitrogen and oxygen atoms in total. The van der Waals surface area contributed by atoms with E-state index in [4.69, 9.17) is 4.74 Å². The van der Waals surface area contributed by atoms with Gasteiger partial charge in [-0.15, -0.1) is 0 Å². The molecule has 0 saturated carbocycles. The highest BCUT2D eigenvalue weighted by atomic mass is 16.5. The van der Waals surface area contributed by atoms with E-state index < -0.39 is 0 Å². The normalized spacial score (nSPS) is 13.0. The zero-order valence-corrected chi connectivity index (χ0v) is 11.5. The average Bonchev–Trinajstić information content (AvgIpc) is 2.35. The molecule has 96 valence electrons. The van der Waals surface area contributed by atoms with Crippen molar-refractivity contribution in [3.05, 3.63) is 35.4 Å². The van der Waals surface area contributed by atoms with Gasteiger partial charge in [-0.05, 0) is 36.9 Å². The Balaban J connectivity index is 2.62. The molecule has 1 unspecified atom stereocenters. The molecule has 0 aliphatic heterocycles. The van der Waals surface area contributed by atoms with Crippen LogP contribution >= 0.6 is 0 Å². The van der Waals surface area contributed by atoms with Crippen LogP contribution in [0.1, 0.15) is 49.8 Å². The van der Waals surface area contributed by atoms with E-state index in [9.17, 15) is 0 Å². The Morgan fingerprint density at radius 1 is 1.12 bits per heavy atom. The molecule has 0 amide bonds. The molecule has 1 atom stereocenters. The number of hydrogen-bond donors (Lipinski definition) is 1. The maximum Gasteiger partial charge on any atom is 0.0462 e. The summed E-state index contributed by atoms with van der Waals surface area (Å²) < 4.78 is 5.10. The van der Waals surface area contributed by atoms with Crippen LogP contribution in [-0.4, -0.2) is 20.8 Å². The Labute approximate surface area is 105 Å². The number of methoxy groups -OCH3 is 1. The molecule has 0 aromatic heterocycles. The van der Waals surface area contributed by atoms with E-state index in [1.807, 2.05) is 7.05 Å². The minimum absolute atomic E-state index is 0.436. The van der Waals surface area contributed by atoms with Crippen LogP contribution in [0.4, 0.5) is 0 Å². The highest BCUT2D eigenvalue weighted by molar-refractivity contribution is 5.26. The van der Waals surface area contributed by atoms with Crippen molar-refractivity contribution in [1.82, 2.24) is 5.32 Å². The van der Waals surface area contributed by atoms with Crippen LogP contribution in [-0.2, 0) is 4.74 Å². The zero-order chi connectivity index (χ0) is 12.7. The van der Waals surface area contributed by atoms with Gasteiger partial charge >= 0.3 is 0 Å². The van der Waals surface area contributed by atoms with Crippen molar-refractivity contribution in [3.63, 3.8) is 0 Å². The predicted octanol–water partition coefficient (Wildman–Crippen LogP) is 3.50. The van der Waals surface area contributed by atoms with Crippen molar-refractivity contribution < 1.29 is 4.74 Å². The van der Waals surface area contributed by atoms with Crippen molar-refractivity contribution in [2.24, 2.45) is 0 Å². The minimum atomic E-state index is 0.436. The van der Waals surface area contributed by atoms with Crippen LogP contribution in [0.2, 0.25) is 0 Å². The number of rotatable bonds is 7. The summed E-state index contributed by atoms with van der Waals surface area (Å²) in [6.45, 7) is 5.29. The first-order chi connectivity index (χ1) is 8.19. The van der Waals surface area contributed by atoms with Crippen LogP contribution in [0.15, 0.2) is 24.3 Å². The third-order valence-corrected chi connectivity index (χ3v) is 3.20. The maximum absolute atomic E-state index is 5.10. The third-order valence-electron chi connectivity index (χ3n) is 3.20. The van der Waals surface area contributed by atoms with Crippen molar-refractivity contribution in [2.45, 2.75) is 38.6 Å². The molecule has 0 radical (unpaired) electrons. The first-order valence-electron chi connectivity index (χ1n) is 6.45. The van der Waals surface area contributed by atoms with E-state index >= 15 is 0 Å². The maximum atomic E-state index is 5.10. The van der Waals surface area contributed by atoms with Gasteiger partial charge in [0.2, 0.25) is 0 Å². The molecule has 17 heavy (non-hydrogen) atoms. The van der Waals surface area contributed by atoms with Gasteiger partial charge in [0, 0.05) is 19.8 Å². The lowest BCUT2D eigenvalue weighted by Crippen LogP contribution is -2.16. The Hall–Kier alpha value is -0.860. The van der Waals surface area contributed by atoms with Gasteiger partial charge in [-0.1, -0.05) is 38.1 Å². The van der Waals surface area contributed by atoms with Gasteiger partial charge in [-0.2, -0.15) is 0 Å². The zero-order valence-electron chi connectivity index (χ0n) is 11.5. The van der Waals surface area contributed by atoms with Gasteiger partial charge in [-0.3, -0.25) is 0 Å². The van der Waals surface area contributed by atoms with Gasteiger partial charge in [0.15, 0.2) is 0 Å². The summed E-state index contributed by atoms with van der Waals surface area (Å²) in [6, 6.07) is 9.39. The van der Waals surface area contributed by atoms with Crippen LogP contribution in [0, 0.1) is 0 Å². The molecule has 0 spiro atoms. The second-order valence-corrected chi connectivity index (χ2v) is 4.80. The highest BCUT2D eigenvalue weighted by Crippen LogP contribution is 2.21. The smallest absolute Gasteiger partial charge is 0.0462 e. The van der Waals surface area contributed by atoms with Crippen LogP contribution in [0.3, 0.4) is 0 Å². The minimum Gasteiger partial charge on any atom is -0.385 e. The summed E-state index contributed by atoms with van der Waals surface area (Å²) in [5, 5.41) is 3.37. The monoisotopic (exact) mass is 235 g/mol. The molecule has 0 saturated heterocycles. The van der Waals surface area contributed by atoms with Gasteiger partial charge < -0.3 is 10.1 Å². The summed E-state index contributed by atoms with van der Waals surface area (Å²) in [6.07, 6.45) is 2.21. The highest BCUT2D eigenvalue weighted by Gasteiger charge is 2.09. The van der Waals surface area contributed by atoms with E-state index in [-0.39, 0.29) is 0 Å². The molecular formula is C15H25NO. The molecule has 0 heterocycles. The van der Waals surface area contributed by atoms with E-state index in [1.54, 1.807) is 7.11 Å². The molecule has 0 aliphatic carbocycles. The number of nitrogens with one attached hydrogen (secondary N) is 1. The van der Waals surface area contributed by atoms with E-state index in [0.717, 1.165) is 19.4 Å².